The second-order valence-corrected chi connectivity index (χ2v) is 35.3. The maximum absolute atomic E-state index is 12.2. The summed E-state index contributed by atoms with van der Waals surface area (Å²) in [5.41, 5.74) is 9.45. The zero-order chi connectivity index (χ0) is 102. The predicted molar refractivity (Wildman–Crippen MR) is 567 cm³/mol. The second kappa shape index (κ2) is 95.1. The van der Waals surface area contributed by atoms with Crippen LogP contribution in [0.2, 0.25) is 0 Å². The number of hydrogen-bond acceptors (Lipinski definition) is 22. The average Bonchev–Trinajstić information content (AvgIpc) is 1.65. The Morgan fingerprint density at radius 3 is 0.938 bits per heavy atom. The van der Waals surface area contributed by atoms with Gasteiger partial charge in [-0.05, 0) is 245 Å². The summed E-state index contributed by atoms with van der Waals surface area (Å²) in [6, 6.07) is 33.3. The fourth-order valence-electron chi connectivity index (χ4n) is 13.5. The standard InChI is InChI=1S/C19H30O2.C19H26O2.2C18H28O2.C11H21BO2.C11H11F3O5S.C9H10O4.C2H6.CH2O3.5CH4.Li.2Na.H2O/c2*1-4-6-8-10-16-12-17(11-9-7-5-2)14-18(13-16)15-19(20)21-3;2*1-3-5-7-9-15-11-16(10-8-6-4-2)13-17(12-15)14-18(19)20;1-6-7-8-9-12-13-10(2,3)11(4,5)14-12;1-7-3-8(6-10(15)18-2)5-9(4-7)19-20(16,17)11(12,13)14;1-13-9(12)4-6-2-7(10)5-8(11)3-6;1-2;2-1-4-3;;;;;;;;;/h12-14H,4-11,15H2,1-3H3;8-14H,4-7,15H2,1-3H3;2*11-13H,3-10,14H2,1-2H3,(H,19,20);8-9H,6-7H2,1-5H3;3-5H,6H2,1-2H3;2-3,5,10-11H,4H2,1H3;1-2H3;1,3H;5*1H4;;;;1H2/q;;;;;;;;;;;;;;3*+1;/p-3/b;10-8+,11-9+;;;9-8+;;;;;;;;;;;;;. The molecule has 0 amide bonds. The number of benzene rings is 6. The van der Waals surface area contributed by atoms with E-state index in [-0.39, 0.29) is 200 Å². The van der Waals surface area contributed by atoms with Crippen LogP contribution in [0.4, 0.5) is 13.2 Å². The van der Waals surface area contributed by atoms with Crippen LogP contribution in [0.5, 0.6) is 17.2 Å². The third-order valence-corrected chi connectivity index (χ3v) is 21.9. The van der Waals surface area contributed by atoms with Crippen LogP contribution < -0.4 is 92.5 Å². The number of carbonyl (C=O) groups excluding carboxylic acids is 6. The van der Waals surface area contributed by atoms with Crippen molar-refractivity contribution < 1.29 is 202 Å². The summed E-state index contributed by atoms with van der Waals surface area (Å²) >= 11 is 0. The summed E-state index contributed by atoms with van der Waals surface area (Å²) in [5, 5.41) is 46.3. The van der Waals surface area contributed by atoms with Crippen molar-refractivity contribution in [1.29, 1.82) is 0 Å². The summed E-state index contributed by atoms with van der Waals surface area (Å²) in [4.78, 5) is 77.8. The van der Waals surface area contributed by atoms with E-state index in [4.69, 9.17) is 44.2 Å². The first-order valence-corrected chi connectivity index (χ1v) is 49.5. The molecular formula is C113H181BF3LiNa2O23S. The molecule has 1 fully saturated rings. The van der Waals surface area contributed by atoms with Gasteiger partial charge in [-0.2, -0.15) is 21.6 Å². The van der Waals surface area contributed by atoms with E-state index in [0.717, 1.165) is 130 Å². The van der Waals surface area contributed by atoms with Crippen LogP contribution in [-0.2, 0) is 154 Å². The zero-order valence-electron chi connectivity index (χ0n) is 88.1. The molecule has 804 valence electrons. The first kappa shape index (κ1) is 159. The van der Waals surface area contributed by atoms with Crippen molar-refractivity contribution in [1.82, 2.24) is 0 Å². The van der Waals surface area contributed by atoms with Gasteiger partial charge in [-0.25, -0.2) is 0 Å². The SMILES string of the molecule is C.C.C.C.C.CC.CCC/C=C/B1OC(C)(C)C(C)(C)O1.CCC/C=C/c1cc(/C=C/CCC)cc(CC(=O)OC)c1.CCCCCc1cc(CCCCC)cc(CC(=O)O)c1.CCCCCc1cc(CCCCC)cc(CC(=O)OC)c1.CCCCCc1cc(CCCCC)cc(CC(=O)[O-])c1.COC(=O)Cc1cc(C)cc(OS(=O)(=O)C(F)(F)F)c1.COC(=O)Cc1cc(O)cc(O)c1.O=CO[O-].[Li+].[Na+].[Na+].[OH-]. The van der Waals surface area contributed by atoms with Crippen LogP contribution in [0.25, 0.3) is 12.2 Å². The normalized spacial score (nSPS) is 11.3. The number of alkyl halides is 3. The molecule has 7 rings (SSSR count). The van der Waals surface area contributed by atoms with E-state index in [0.29, 0.717) is 24.0 Å². The molecule has 4 N–H and O–H groups in total. The van der Waals surface area contributed by atoms with E-state index in [9.17, 15) is 55.5 Å². The second-order valence-electron chi connectivity index (χ2n) is 33.8. The number of carbonyl (C=O) groups is 7. The summed E-state index contributed by atoms with van der Waals surface area (Å²) in [7, 11) is -0.590. The number of phenolic OH excluding ortho intramolecular Hbond substituents is 2. The molecule has 6 aromatic carbocycles. The molecule has 1 saturated heterocycles. The number of carboxylic acid groups (broad SMARTS) is 2. The first-order valence-electron chi connectivity index (χ1n) is 48.0. The third kappa shape index (κ3) is 77.8. The minimum atomic E-state index is -5.73. The van der Waals surface area contributed by atoms with Gasteiger partial charge in [0.25, 0.3) is 6.47 Å². The number of rotatable bonds is 48. The van der Waals surface area contributed by atoms with E-state index in [1.165, 1.54) is 201 Å². The van der Waals surface area contributed by atoms with Crippen LogP contribution in [0.1, 0.15) is 379 Å². The minimum Gasteiger partial charge on any atom is -0.870 e. The maximum atomic E-state index is 12.2. The van der Waals surface area contributed by atoms with Gasteiger partial charge in [-0.3, -0.25) is 28.8 Å². The molecule has 23 nitrogen and oxygen atoms in total. The van der Waals surface area contributed by atoms with E-state index < -0.39 is 45.3 Å². The van der Waals surface area contributed by atoms with Crippen LogP contribution >= 0.6 is 0 Å². The van der Waals surface area contributed by atoms with Gasteiger partial charge < -0.3 is 73.3 Å². The van der Waals surface area contributed by atoms with Crippen molar-refractivity contribution in [2.24, 2.45) is 0 Å². The quantitative estimate of drug-likeness (QED) is 0.00367. The molecule has 0 unspecified atom stereocenters. The van der Waals surface area contributed by atoms with E-state index >= 15 is 0 Å². The number of phenols is 2. The van der Waals surface area contributed by atoms with E-state index in [1.54, 1.807) is 0 Å². The maximum Gasteiger partial charge on any atom is 1.00 e. The molecule has 144 heavy (non-hydrogen) atoms. The number of unbranched alkanes of at least 4 members (excludes halogenated alkanes) is 15. The molecule has 0 radical (unpaired) electrons. The predicted octanol–water partition coefficient (Wildman–Crippen LogP) is 17.3. The first-order chi connectivity index (χ1) is 64.1. The Balaban J connectivity index is -0.000000157. The van der Waals surface area contributed by atoms with Gasteiger partial charge in [0.2, 0.25) is 0 Å². The number of aromatic hydroxyl groups is 2. The fraction of sp³-hybridized carbons (Fsp3) is 0.566. The van der Waals surface area contributed by atoms with E-state index in [1.807, 2.05) is 32.0 Å². The Kier molecular flexibility index (Phi) is 105. The number of ether oxygens (including phenoxy) is 4. The van der Waals surface area contributed by atoms with Gasteiger partial charge in [-0.15, -0.1) is 0 Å². The summed E-state index contributed by atoms with van der Waals surface area (Å²) in [6.07, 6.45) is 46.6. The molecule has 1 aliphatic heterocycles. The smallest absolute Gasteiger partial charge is 0.870 e. The number of aryl methyl sites for hydroxylation is 7. The summed E-state index contributed by atoms with van der Waals surface area (Å²) in [6.45, 7) is 33.4. The van der Waals surface area contributed by atoms with Crippen molar-refractivity contribution in [3.8, 4) is 17.2 Å². The fourth-order valence-corrected chi connectivity index (χ4v) is 14.0. The molecule has 1 heterocycles. The number of methoxy groups -OCH3 is 4. The minimum absolute atomic E-state index is 0. The number of esters is 4. The largest absolute Gasteiger partial charge is 1.00 e. The van der Waals surface area contributed by atoms with Crippen LogP contribution in [0, 0.1) is 6.92 Å². The third-order valence-electron chi connectivity index (χ3n) is 20.9. The topological polar surface area (TPSA) is 364 Å². The molecule has 0 bridgehead atoms. The van der Waals surface area contributed by atoms with Crippen molar-refractivity contribution in [2.45, 2.75) is 396 Å². The van der Waals surface area contributed by atoms with Gasteiger partial charge >= 0.3 is 131 Å². The van der Waals surface area contributed by atoms with Gasteiger partial charge in [0.05, 0.1) is 71.7 Å². The summed E-state index contributed by atoms with van der Waals surface area (Å²) in [5.74, 6) is -1.75. The van der Waals surface area contributed by atoms with E-state index in [2.05, 4.69) is 200 Å². The van der Waals surface area contributed by atoms with Gasteiger partial charge in [0.15, 0.2) is 0 Å². The Bertz CT molecular complexity index is 4330. The number of carboxylic acids is 2. The molecule has 0 saturated carbocycles. The number of halogens is 3. The number of hydrogen-bond donors (Lipinski definition) is 3. The molecular weight excluding hydrogens is 1880 g/mol. The van der Waals surface area contributed by atoms with Gasteiger partial charge in [-0.1, -0.05) is 319 Å². The molecule has 0 aromatic heterocycles. The molecule has 6 aromatic rings. The number of aliphatic carboxylic acids is 2. The van der Waals surface area contributed by atoms with Gasteiger partial charge in [0, 0.05) is 18.5 Å². The van der Waals surface area contributed by atoms with Crippen LogP contribution in [-0.4, -0.2) is 124 Å². The van der Waals surface area contributed by atoms with Crippen LogP contribution in [0.3, 0.4) is 0 Å². The van der Waals surface area contributed by atoms with Crippen LogP contribution in [0.15, 0.2) is 133 Å². The van der Waals surface area contributed by atoms with Crippen molar-refractivity contribution >= 4 is 71.7 Å². The Labute approximate surface area is 924 Å². The average molecular weight is 2060 g/mol. The van der Waals surface area contributed by atoms with Crippen molar-refractivity contribution in [3.63, 3.8) is 0 Å². The monoisotopic (exact) mass is 2060 g/mol. The molecule has 0 aliphatic carbocycles. The zero-order valence-corrected chi connectivity index (χ0v) is 92.9. The van der Waals surface area contributed by atoms with Gasteiger partial charge in [0.1, 0.15) is 17.2 Å². The molecule has 0 spiro atoms. The summed E-state index contributed by atoms with van der Waals surface area (Å²) < 4.78 is 92.4. The van der Waals surface area contributed by atoms with Crippen molar-refractivity contribution in [2.75, 3.05) is 28.4 Å². The number of allylic oxidation sites excluding steroid dienone is 3. The Morgan fingerprint density at radius 1 is 0.410 bits per heavy atom. The van der Waals surface area contributed by atoms with Crippen molar-refractivity contribution in [3.05, 3.63) is 217 Å². The molecule has 0 atom stereocenters. The Morgan fingerprint density at radius 2 is 0.674 bits per heavy atom. The Hall–Kier alpha value is -7.53. The molecule has 1 aliphatic rings. The molecule has 31 heteroatoms.